The van der Waals surface area contributed by atoms with Gasteiger partial charge in [-0.3, -0.25) is 0 Å². The van der Waals surface area contributed by atoms with Gasteiger partial charge in [0, 0.05) is 5.92 Å². The number of rotatable bonds is 8. The van der Waals surface area contributed by atoms with Gasteiger partial charge in [-0.2, -0.15) is 0 Å². The van der Waals surface area contributed by atoms with Gasteiger partial charge >= 0.3 is 5.97 Å². The molecule has 3 unspecified atom stereocenters. The lowest BCUT2D eigenvalue weighted by atomic mass is 9.82. The van der Waals surface area contributed by atoms with E-state index in [1.54, 1.807) is 0 Å². The number of carbonyl (C=O) groups is 1. The van der Waals surface area contributed by atoms with Crippen molar-refractivity contribution in [1.29, 1.82) is 0 Å². The maximum Gasteiger partial charge on any atom is 0.332 e. The molecule has 0 bridgehead atoms. The molecule has 1 rings (SSSR count). The van der Waals surface area contributed by atoms with Crippen molar-refractivity contribution in [3.63, 3.8) is 0 Å². The summed E-state index contributed by atoms with van der Waals surface area (Å²) in [7, 11) is 0. The molecule has 0 amide bonds. The summed E-state index contributed by atoms with van der Waals surface area (Å²) in [5, 5.41) is 0. The van der Waals surface area contributed by atoms with Gasteiger partial charge in [0.1, 0.15) is 12.7 Å². The Bertz CT molecular complexity index is 443. The van der Waals surface area contributed by atoms with Crippen LogP contribution in [0.15, 0.2) is 37.0 Å². The summed E-state index contributed by atoms with van der Waals surface area (Å²) in [5.41, 5.74) is 0.391. The number of carbonyl (C=O) groups excluding carboxylic acids is 1. The predicted octanol–water partition coefficient (Wildman–Crippen LogP) is 6.11. The maximum absolute atomic E-state index is 11.5. The average molecular weight is 365 g/mol. The highest BCUT2D eigenvalue weighted by Crippen LogP contribution is 2.25. The molecule has 150 valence electrons. The van der Waals surface area contributed by atoms with E-state index in [9.17, 15) is 4.79 Å². The summed E-state index contributed by atoms with van der Waals surface area (Å²) in [6.07, 6.45) is 14.6. The summed E-state index contributed by atoms with van der Waals surface area (Å²) in [6, 6.07) is 0. The molecular weight excluding hydrogens is 324 g/mol. The summed E-state index contributed by atoms with van der Waals surface area (Å²) in [5.74, 6) is 0.705. The Balaban J connectivity index is 0.000000660. The van der Waals surface area contributed by atoms with Crippen molar-refractivity contribution in [3.05, 3.63) is 37.0 Å². The van der Waals surface area contributed by atoms with Crippen LogP contribution in [0.1, 0.15) is 67.2 Å². The Morgan fingerprint density at radius 1 is 1.31 bits per heavy atom. The molecule has 3 heteroatoms. The minimum Gasteiger partial charge on any atom is -0.460 e. The van der Waals surface area contributed by atoms with E-state index < -0.39 is 0 Å². The normalized spacial score (nSPS) is 19.4. The molecule has 0 saturated heterocycles. The lowest BCUT2D eigenvalue weighted by molar-refractivity contribution is -0.155. The van der Waals surface area contributed by atoms with E-state index in [1.165, 1.54) is 6.42 Å². The molecule has 26 heavy (non-hydrogen) atoms. The molecule has 0 fully saturated rings. The van der Waals surface area contributed by atoms with Crippen LogP contribution in [0, 0.1) is 17.3 Å². The smallest absolute Gasteiger partial charge is 0.332 e. The van der Waals surface area contributed by atoms with E-state index >= 15 is 0 Å². The molecule has 0 N–H and O–H groups in total. The SMILES string of the molecule is C=CC(C)C(C)(C)C.CC/C=C\COCC(=O)OC(C)C1C=CCCC1. The molecule has 0 spiro atoms. The van der Waals surface area contributed by atoms with Gasteiger partial charge in [0.25, 0.3) is 0 Å². The average Bonchev–Trinajstić information content (AvgIpc) is 2.61. The van der Waals surface area contributed by atoms with Crippen LogP contribution in [0.2, 0.25) is 0 Å². The third kappa shape index (κ3) is 12.1. The van der Waals surface area contributed by atoms with Crippen molar-refractivity contribution in [2.75, 3.05) is 13.2 Å². The predicted molar refractivity (Wildman–Crippen MR) is 111 cm³/mol. The summed E-state index contributed by atoms with van der Waals surface area (Å²) >= 11 is 0. The molecule has 1 aliphatic rings. The fraction of sp³-hybridized carbons (Fsp3) is 0.696. The molecule has 0 saturated carbocycles. The molecule has 3 atom stereocenters. The van der Waals surface area contributed by atoms with Crippen LogP contribution in [0.3, 0.4) is 0 Å². The first-order valence-corrected chi connectivity index (χ1v) is 9.93. The zero-order valence-electron chi connectivity index (χ0n) is 17.8. The van der Waals surface area contributed by atoms with E-state index in [4.69, 9.17) is 9.47 Å². The maximum atomic E-state index is 11.5. The number of esters is 1. The topological polar surface area (TPSA) is 35.5 Å². The van der Waals surface area contributed by atoms with Crippen molar-refractivity contribution < 1.29 is 14.3 Å². The monoisotopic (exact) mass is 364 g/mol. The van der Waals surface area contributed by atoms with Gasteiger partial charge in [0.05, 0.1) is 6.61 Å². The summed E-state index contributed by atoms with van der Waals surface area (Å²) in [6.45, 7) is 17.1. The summed E-state index contributed by atoms with van der Waals surface area (Å²) in [4.78, 5) is 11.5. The van der Waals surface area contributed by atoms with E-state index in [0.29, 0.717) is 23.9 Å². The molecule has 0 aromatic rings. The number of hydrogen-bond donors (Lipinski definition) is 0. The number of allylic oxidation sites excluding steroid dienone is 3. The first-order valence-electron chi connectivity index (χ1n) is 9.93. The van der Waals surface area contributed by atoms with Gasteiger partial charge in [-0.25, -0.2) is 4.79 Å². The summed E-state index contributed by atoms with van der Waals surface area (Å²) < 4.78 is 10.6. The van der Waals surface area contributed by atoms with E-state index in [2.05, 4.69) is 53.3 Å². The van der Waals surface area contributed by atoms with Crippen LogP contribution < -0.4 is 0 Å². The molecule has 0 heterocycles. The standard InChI is InChI=1S/C15H24O3.C8H16/c1-3-4-8-11-17-12-15(16)18-13(2)14-9-6-5-7-10-14;1-6-7(2)8(3,4)5/h4,6,8-9,13-14H,3,5,7,10-12H2,1-2H3;6-7H,1H2,2-5H3/b8-4-;. The highest BCUT2D eigenvalue weighted by atomic mass is 16.6. The van der Waals surface area contributed by atoms with E-state index in [0.717, 1.165) is 19.3 Å². The molecule has 0 aromatic carbocycles. The van der Waals surface area contributed by atoms with Crippen molar-refractivity contribution in [1.82, 2.24) is 0 Å². The Morgan fingerprint density at radius 2 is 2.00 bits per heavy atom. The van der Waals surface area contributed by atoms with Crippen molar-refractivity contribution in [2.45, 2.75) is 73.3 Å². The Hall–Kier alpha value is -1.35. The second-order valence-corrected chi connectivity index (χ2v) is 8.00. The van der Waals surface area contributed by atoms with Crippen LogP contribution in [0.25, 0.3) is 0 Å². The van der Waals surface area contributed by atoms with Gasteiger partial charge in [-0.05, 0) is 43.9 Å². The van der Waals surface area contributed by atoms with Crippen LogP contribution in [-0.4, -0.2) is 25.3 Å². The first kappa shape index (κ1) is 24.7. The molecule has 1 aliphatic carbocycles. The van der Waals surface area contributed by atoms with Gasteiger partial charge in [0.15, 0.2) is 0 Å². The Kier molecular flexibility index (Phi) is 13.1. The Morgan fingerprint density at radius 3 is 2.46 bits per heavy atom. The van der Waals surface area contributed by atoms with Crippen molar-refractivity contribution in [2.24, 2.45) is 17.3 Å². The number of hydrogen-bond acceptors (Lipinski definition) is 3. The number of ether oxygens (including phenoxy) is 2. The van der Waals surface area contributed by atoms with Gasteiger partial charge < -0.3 is 9.47 Å². The fourth-order valence-electron chi connectivity index (χ4n) is 2.36. The van der Waals surface area contributed by atoms with E-state index in [-0.39, 0.29) is 18.7 Å². The lowest BCUT2D eigenvalue weighted by Crippen LogP contribution is -2.26. The second kappa shape index (κ2) is 13.8. The largest absolute Gasteiger partial charge is 0.460 e. The molecule has 0 aliphatic heterocycles. The van der Waals surface area contributed by atoms with Crippen LogP contribution in [0.5, 0.6) is 0 Å². The highest BCUT2D eigenvalue weighted by Gasteiger charge is 2.20. The first-order chi connectivity index (χ1) is 12.2. The second-order valence-electron chi connectivity index (χ2n) is 8.00. The van der Waals surface area contributed by atoms with Crippen LogP contribution >= 0.6 is 0 Å². The van der Waals surface area contributed by atoms with Gasteiger partial charge in [-0.1, -0.05) is 65.0 Å². The van der Waals surface area contributed by atoms with E-state index in [1.807, 2.05) is 25.2 Å². The third-order valence-electron chi connectivity index (χ3n) is 4.77. The zero-order chi connectivity index (χ0) is 20.0. The van der Waals surface area contributed by atoms with Crippen LogP contribution in [-0.2, 0) is 14.3 Å². The van der Waals surface area contributed by atoms with Gasteiger partial charge in [-0.15, -0.1) is 6.58 Å². The highest BCUT2D eigenvalue weighted by molar-refractivity contribution is 5.70. The molecular formula is C23H40O3. The quantitative estimate of drug-likeness (QED) is 0.296. The van der Waals surface area contributed by atoms with Crippen molar-refractivity contribution >= 4 is 5.97 Å². The van der Waals surface area contributed by atoms with Crippen LogP contribution in [0.4, 0.5) is 0 Å². The van der Waals surface area contributed by atoms with Crippen molar-refractivity contribution in [3.8, 4) is 0 Å². The van der Waals surface area contributed by atoms with Gasteiger partial charge in [0.2, 0.25) is 0 Å². The minimum absolute atomic E-state index is 0.0365. The molecule has 0 aromatic heterocycles. The third-order valence-corrected chi connectivity index (χ3v) is 4.77. The molecule has 3 nitrogen and oxygen atoms in total. The zero-order valence-corrected chi connectivity index (χ0v) is 17.8. The lowest BCUT2D eigenvalue weighted by Gasteiger charge is -2.23. The fourth-order valence-corrected chi connectivity index (χ4v) is 2.36. The Labute approximate surface area is 161 Å². The minimum atomic E-state index is -0.272. The molecule has 0 radical (unpaired) electrons.